The highest BCUT2D eigenvalue weighted by atomic mass is 16.6. The van der Waals surface area contributed by atoms with Crippen molar-refractivity contribution in [2.75, 3.05) is 26.9 Å². The van der Waals surface area contributed by atoms with Gasteiger partial charge in [0.05, 0.1) is 6.61 Å². The highest BCUT2D eigenvalue weighted by molar-refractivity contribution is 5.47. The third-order valence-electron chi connectivity index (χ3n) is 3.09. The highest BCUT2D eigenvalue weighted by Crippen LogP contribution is 2.33. The average Bonchev–Trinajstić information content (AvgIpc) is 2.43. The molecule has 18 heavy (non-hydrogen) atoms. The van der Waals surface area contributed by atoms with Crippen LogP contribution in [0.3, 0.4) is 0 Å². The third kappa shape index (κ3) is 3.15. The molecule has 2 rings (SSSR count). The number of fused-ring (bicyclic) bond motifs is 1. The lowest BCUT2D eigenvalue weighted by molar-refractivity contribution is 0.160. The topological polar surface area (TPSA) is 39.7 Å². The van der Waals surface area contributed by atoms with Gasteiger partial charge in [0, 0.05) is 25.3 Å². The highest BCUT2D eigenvalue weighted by Gasteiger charge is 2.16. The third-order valence-corrected chi connectivity index (χ3v) is 3.09. The van der Waals surface area contributed by atoms with E-state index in [9.17, 15) is 0 Å². The summed E-state index contributed by atoms with van der Waals surface area (Å²) in [4.78, 5) is 0. The Morgan fingerprint density at radius 2 is 2.17 bits per heavy atom. The van der Waals surface area contributed by atoms with Crippen LogP contribution in [0.25, 0.3) is 0 Å². The first-order valence-corrected chi connectivity index (χ1v) is 6.45. The molecule has 0 saturated heterocycles. The number of hydrogen-bond donors (Lipinski definition) is 1. The van der Waals surface area contributed by atoms with Gasteiger partial charge in [-0.2, -0.15) is 0 Å². The molecule has 0 radical (unpaired) electrons. The molecule has 0 bridgehead atoms. The smallest absolute Gasteiger partial charge is 0.165 e. The fourth-order valence-corrected chi connectivity index (χ4v) is 2.05. The Bertz CT molecular complexity index is 381. The number of nitrogens with one attached hydrogen (secondary N) is 1. The molecule has 1 aliphatic rings. The minimum atomic E-state index is 0.371. The Kier molecular flexibility index (Phi) is 4.84. The van der Waals surface area contributed by atoms with E-state index in [-0.39, 0.29) is 0 Å². The molecule has 0 fully saturated rings. The second-order valence-electron chi connectivity index (χ2n) is 4.38. The first-order valence-electron chi connectivity index (χ1n) is 6.45. The van der Waals surface area contributed by atoms with E-state index < -0.39 is 0 Å². The second-order valence-corrected chi connectivity index (χ2v) is 4.38. The summed E-state index contributed by atoms with van der Waals surface area (Å²) >= 11 is 0. The van der Waals surface area contributed by atoms with Crippen molar-refractivity contribution in [3.63, 3.8) is 0 Å². The molecule has 1 heterocycles. The molecule has 1 aromatic carbocycles. The van der Waals surface area contributed by atoms with Crippen LogP contribution in [-0.2, 0) is 11.3 Å². The zero-order valence-electron chi connectivity index (χ0n) is 11.1. The maximum atomic E-state index is 5.68. The molecule has 100 valence electrons. The molecule has 0 spiro atoms. The maximum absolute atomic E-state index is 5.68. The summed E-state index contributed by atoms with van der Waals surface area (Å²) in [7, 11) is 1.73. The number of rotatable bonds is 6. The van der Waals surface area contributed by atoms with Gasteiger partial charge in [-0.05, 0) is 12.5 Å². The molecule has 0 saturated carbocycles. The van der Waals surface area contributed by atoms with Gasteiger partial charge < -0.3 is 19.5 Å². The summed E-state index contributed by atoms with van der Waals surface area (Å²) in [5.74, 6) is 1.73. The van der Waals surface area contributed by atoms with Crippen LogP contribution in [0.1, 0.15) is 18.9 Å². The standard InChI is InChI=1S/C14H21NO3/c1-3-12(10-16-2)15-9-11-5-4-6-13-14(11)18-8-7-17-13/h4-6,12,15H,3,7-10H2,1-2H3. The first-order chi connectivity index (χ1) is 8.85. The Morgan fingerprint density at radius 1 is 1.33 bits per heavy atom. The molecule has 0 amide bonds. The fraction of sp³-hybridized carbons (Fsp3) is 0.571. The lowest BCUT2D eigenvalue weighted by Crippen LogP contribution is -2.32. The van der Waals surface area contributed by atoms with E-state index in [1.165, 1.54) is 0 Å². The average molecular weight is 251 g/mol. The molecule has 1 N–H and O–H groups in total. The summed E-state index contributed by atoms with van der Waals surface area (Å²) in [6, 6.07) is 6.39. The number of para-hydroxylation sites is 1. The van der Waals surface area contributed by atoms with Gasteiger partial charge >= 0.3 is 0 Å². The lowest BCUT2D eigenvalue weighted by atomic mass is 10.1. The number of methoxy groups -OCH3 is 1. The Hall–Kier alpha value is -1.26. The van der Waals surface area contributed by atoms with Crippen molar-refractivity contribution in [1.82, 2.24) is 5.32 Å². The van der Waals surface area contributed by atoms with Gasteiger partial charge in [-0.3, -0.25) is 0 Å². The molecule has 1 aromatic rings. The number of hydrogen-bond acceptors (Lipinski definition) is 4. The van der Waals surface area contributed by atoms with Gasteiger partial charge in [-0.25, -0.2) is 0 Å². The molecule has 4 nitrogen and oxygen atoms in total. The summed E-state index contributed by atoms with van der Waals surface area (Å²) < 4.78 is 16.4. The molecule has 1 atom stereocenters. The normalized spacial score (nSPS) is 15.4. The van der Waals surface area contributed by atoms with Crippen LogP contribution >= 0.6 is 0 Å². The molecular formula is C14H21NO3. The van der Waals surface area contributed by atoms with E-state index in [4.69, 9.17) is 14.2 Å². The van der Waals surface area contributed by atoms with E-state index in [1.807, 2.05) is 12.1 Å². The van der Waals surface area contributed by atoms with E-state index in [0.717, 1.165) is 36.6 Å². The lowest BCUT2D eigenvalue weighted by Gasteiger charge is -2.22. The predicted octanol–water partition coefficient (Wildman–Crippen LogP) is 1.97. The fourth-order valence-electron chi connectivity index (χ4n) is 2.05. The van der Waals surface area contributed by atoms with E-state index in [1.54, 1.807) is 7.11 Å². The van der Waals surface area contributed by atoms with Gasteiger partial charge in [0.2, 0.25) is 0 Å². The van der Waals surface area contributed by atoms with Gasteiger partial charge in [0.1, 0.15) is 13.2 Å². The number of ether oxygens (including phenoxy) is 3. The van der Waals surface area contributed by atoms with Gasteiger partial charge in [0.25, 0.3) is 0 Å². The zero-order valence-corrected chi connectivity index (χ0v) is 11.1. The maximum Gasteiger partial charge on any atom is 0.165 e. The predicted molar refractivity (Wildman–Crippen MR) is 70.2 cm³/mol. The van der Waals surface area contributed by atoms with E-state index in [0.29, 0.717) is 19.3 Å². The van der Waals surface area contributed by atoms with Crippen LogP contribution in [0.15, 0.2) is 18.2 Å². The molecule has 4 heteroatoms. The number of benzene rings is 1. The molecule has 1 unspecified atom stereocenters. The van der Waals surface area contributed by atoms with Crippen LogP contribution < -0.4 is 14.8 Å². The summed E-state index contributed by atoms with van der Waals surface area (Å²) in [5, 5.41) is 3.48. The molecule has 1 aliphatic heterocycles. The van der Waals surface area contributed by atoms with Crippen molar-refractivity contribution in [2.45, 2.75) is 25.9 Å². The summed E-state index contributed by atoms with van der Waals surface area (Å²) in [5.41, 5.74) is 1.14. The quantitative estimate of drug-likeness (QED) is 0.839. The monoisotopic (exact) mass is 251 g/mol. The van der Waals surface area contributed by atoms with Crippen molar-refractivity contribution in [2.24, 2.45) is 0 Å². The summed E-state index contributed by atoms with van der Waals surface area (Å²) in [6.45, 7) is 4.90. The van der Waals surface area contributed by atoms with Crippen molar-refractivity contribution >= 4 is 0 Å². The van der Waals surface area contributed by atoms with Crippen molar-refractivity contribution in [1.29, 1.82) is 0 Å². The molecule has 0 aromatic heterocycles. The van der Waals surface area contributed by atoms with Crippen LogP contribution in [0.5, 0.6) is 11.5 Å². The first kappa shape index (κ1) is 13.2. The molecular weight excluding hydrogens is 230 g/mol. The van der Waals surface area contributed by atoms with Gasteiger partial charge in [-0.15, -0.1) is 0 Å². The Morgan fingerprint density at radius 3 is 2.94 bits per heavy atom. The van der Waals surface area contributed by atoms with Gasteiger partial charge in [0.15, 0.2) is 11.5 Å². The van der Waals surface area contributed by atoms with Crippen LogP contribution in [0.2, 0.25) is 0 Å². The van der Waals surface area contributed by atoms with Crippen molar-refractivity contribution in [3.05, 3.63) is 23.8 Å². The Labute approximate surface area is 108 Å². The van der Waals surface area contributed by atoms with Crippen LogP contribution in [0, 0.1) is 0 Å². The Balaban J connectivity index is 2.00. The minimum Gasteiger partial charge on any atom is -0.486 e. The van der Waals surface area contributed by atoms with E-state index in [2.05, 4.69) is 18.3 Å². The SMILES string of the molecule is CCC(COC)NCc1cccc2c1OCCO2. The van der Waals surface area contributed by atoms with Crippen molar-refractivity contribution in [3.8, 4) is 11.5 Å². The van der Waals surface area contributed by atoms with Gasteiger partial charge in [-0.1, -0.05) is 19.1 Å². The molecule has 0 aliphatic carbocycles. The minimum absolute atomic E-state index is 0.371. The zero-order chi connectivity index (χ0) is 12.8. The van der Waals surface area contributed by atoms with Crippen LogP contribution in [-0.4, -0.2) is 33.0 Å². The van der Waals surface area contributed by atoms with Crippen molar-refractivity contribution < 1.29 is 14.2 Å². The van der Waals surface area contributed by atoms with E-state index >= 15 is 0 Å². The second kappa shape index (κ2) is 6.61. The van der Waals surface area contributed by atoms with Crippen LogP contribution in [0.4, 0.5) is 0 Å². The largest absolute Gasteiger partial charge is 0.486 e. The summed E-state index contributed by atoms with van der Waals surface area (Å²) in [6.07, 6.45) is 1.04.